The Labute approximate surface area is 164 Å². The highest BCUT2D eigenvalue weighted by Crippen LogP contribution is 2.40. The monoisotopic (exact) mass is 382 g/mol. The summed E-state index contributed by atoms with van der Waals surface area (Å²) in [6.45, 7) is -0.196. The average molecular weight is 382 g/mol. The van der Waals surface area contributed by atoms with Crippen molar-refractivity contribution in [3.63, 3.8) is 0 Å². The molecular formula is C22H24NO5+. The SMILES string of the molecule is COc1ccc(C2(COC(=O)C[N+](C)(C)C)C(=O)c3ccccc3C2=O)cc1. The van der Waals surface area contributed by atoms with Gasteiger partial charge in [-0.1, -0.05) is 36.4 Å². The minimum Gasteiger partial charge on any atom is -0.497 e. The molecule has 6 nitrogen and oxygen atoms in total. The lowest BCUT2D eigenvalue weighted by molar-refractivity contribution is -0.862. The number of ether oxygens (including phenoxy) is 2. The van der Waals surface area contributed by atoms with E-state index in [-0.39, 0.29) is 24.7 Å². The molecule has 1 aliphatic rings. The molecule has 2 aromatic carbocycles. The number of methoxy groups -OCH3 is 1. The molecule has 0 N–H and O–H groups in total. The predicted molar refractivity (Wildman–Crippen MR) is 104 cm³/mol. The van der Waals surface area contributed by atoms with Gasteiger partial charge in [0.2, 0.25) is 0 Å². The summed E-state index contributed by atoms with van der Waals surface area (Å²) in [5.74, 6) is -0.555. The molecule has 0 unspecified atom stereocenters. The van der Waals surface area contributed by atoms with Gasteiger partial charge in [0, 0.05) is 11.1 Å². The molecule has 0 aliphatic heterocycles. The number of benzene rings is 2. The zero-order valence-electron chi connectivity index (χ0n) is 16.5. The third-order valence-corrected chi connectivity index (χ3v) is 4.83. The molecule has 0 aromatic heterocycles. The van der Waals surface area contributed by atoms with E-state index in [2.05, 4.69) is 0 Å². The Bertz CT molecular complexity index is 890. The molecule has 3 rings (SSSR count). The quantitative estimate of drug-likeness (QED) is 0.435. The van der Waals surface area contributed by atoms with Gasteiger partial charge in [0.05, 0.1) is 28.3 Å². The maximum absolute atomic E-state index is 13.3. The number of quaternary nitrogens is 1. The van der Waals surface area contributed by atoms with Crippen LogP contribution in [0.2, 0.25) is 0 Å². The van der Waals surface area contributed by atoms with Gasteiger partial charge in [-0.3, -0.25) is 9.59 Å². The molecule has 0 heterocycles. The van der Waals surface area contributed by atoms with E-state index in [1.54, 1.807) is 55.6 Å². The first-order valence-electron chi connectivity index (χ1n) is 8.98. The Kier molecular flexibility index (Phi) is 5.08. The van der Waals surface area contributed by atoms with Crippen molar-refractivity contribution >= 4 is 17.5 Å². The number of fused-ring (bicyclic) bond motifs is 1. The molecule has 2 aromatic rings. The fourth-order valence-electron chi connectivity index (χ4n) is 3.42. The van der Waals surface area contributed by atoms with Crippen LogP contribution in [-0.2, 0) is 14.9 Å². The lowest BCUT2D eigenvalue weighted by atomic mass is 9.76. The first kappa shape index (κ1) is 19.8. The summed E-state index contributed by atoms with van der Waals surface area (Å²) in [5.41, 5.74) is -0.384. The van der Waals surface area contributed by atoms with Crippen LogP contribution in [0.4, 0.5) is 0 Å². The van der Waals surface area contributed by atoms with Gasteiger partial charge < -0.3 is 14.0 Å². The van der Waals surface area contributed by atoms with Crippen LogP contribution in [0.25, 0.3) is 0 Å². The number of carbonyl (C=O) groups is 3. The third-order valence-electron chi connectivity index (χ3n) is 4.83. The van der Waals surface area contributed by atoms with Crippen molar-refractivity contribution in [1.82, 2.24) is 0 Å². The van der Waals surface area contributed by atoms with E-state index in [0.29, 0.717) is 26.9 Å². The molecule has 0 saturated heterocycles. The molecule has 28 heavy (non-hydrogen) atoms. The van der Waals surface area contributed by atoms with E-state index in [0.717, 1.165) is 0 Å². The van der Waals surface area contributed by atoms with Crippen molar-refractivity contribution in [2.24, 2.45) is 0 Å². The van der Waals surface area contributed by atoms with Gasteiger partial charge in [0.25, 0.3) is 0 Å². The van der Waals surface area contributed by atoms with Crippen LogP contribution in [0, 0.1) is 0 Å². The van der Waals surface area contributed by atoms with E-state index in [4.69, 9.17) is 9.47 Å². The molecule has 0 spiro atoms. The Balaban J connectivity index is 2.02. The highest BCUT2D eigenvalue weighted by molar-refractivity contribution is 6.33. The minimum atomic E-state index is -1.57. The fraction of sp³-hybridized carbons (Fsp3) is 0.318. The van der Waals surface area contributed by atoms with Crippen LogP contribution < -0.4 is 4.74 Å². The summed E-state index contributed by atoms with van der Waals surface area (Å²) in [6, 6.07) is 13.4. The molecule has 1 aliphatic carbocycles. The summed E-state index contributed by atoms with van der Waals surface area (Å²) < 4.78 is 11.0. The first-order valence-corrected chi connectivity index (χ1v) is 8.98. The second-order valence-corrected chi connectivity index (χ2v) is 7.95. The van der Waals surface area contributed by atoms with E-state index in [1.807, 2.05) is 21.1 Å². The number of hydrogen-bond donors (Lipinski definition) is 0. The Morgan fingerprint density at radius 2 is 1.46 bits per heavy atom. The van der Waals surface area contributed by atoms with Gasteiger partial charge in [-0.2, -0.15) is 0 Å². The maximum Gasteiger partial charge on any atom is 0.361 e. The van der Waals surface area contributed by atoms with Crippen molar-refractivity contribution < 1.29 is 28.3 Å². The van der Waals surface area contributed by atoms with Crippen LogP contribution in [0.5, 0.6) is 5.75 Å². The molecular weight excluding hydrogens is 358 g/mol. The highest BCUT2D eigenvalue weighted by Gasteiger charge is 2.55. The molecule has 0 fully saturated rings. The van der Waals surface area contributed by atoms with Crippen molar-refractivity contribution in [1.29, 1.82) is 0 Å². The summed E-state index contributed by atoms with van der Waals surface area (Å²) in [4.78, 5) is 39.0. The molecule has 146 valence electrons. The second kappa shape index (κ2) is 7.20. The van der Waals surface area contributed by atoms with Gasteiger partial charge in [-0.25, -0.2) is 4.79 Å². The average Bonchev–Trinajstić information content (AvgIpc) is 2.88. The van der Waals surface area contributed by atoms with Crippen molar-refractivity contribution in [3.8, 4) is 5.75 Å². The van der Waals surface area contributed by atoms with Gasteiger partial charge in [0.15, 0.2) is 23.5 Å². The minimum absolute atomic E-state index is 0.133. The maximum atomic E-state index is 13.3. The summed E-state index contributed by atoms with van der Waals surface area (Å²) in [5, 5.41) is 0. The fourth-order valence-corrected chi connectivity index (χ4v) is 3.42. The molecule has 0 bridgehead atoms. The van der Waals surface area contributed by atoms with Crippen molar-refractivity contribution in [2.45, 2.75) is 5.41 Å². The number of carbonyl (C=O) groups excluding carboxylic acids is 3. The van der Waals surface area contributed by atoms with Gasteiger partial charge in [0.1, 0.15) is 12.4 Å². The first-order chi connectivity index (χ1) is 13.2. The second-order valence-electron chi connectivity index (χ2n) is 7.95. The van der Waals surface area contributed by atoms with Crippen LogP contribution in [-0.4, -0.2) is 63.4 Å². The van der Waals surface area contributed by atoms with E-state index >= 15 is 0 Å². The van der Waals surface area contributed by atoms with E-state index in [9.17, 15) is 14.4 Å². The Hall–Kier alpha value is -2.99. The van der Waals surface area contributed by atoms with Crippen LogP contribution >= 0.6 is 0 Å². The topological polar surface area (TPSA) is 69.7 Å². The highest BCUT2D eigenvalue weighted by atomic mass is 16.5. The van der Waals surface area contributed by atoms with Crippen LogP contribution in [0.3, 0.4) is 0 Å². The number of nitrogens with zero attached hydrogens (tertiary/aromatic N) is 1. The number of ketones is 2. The summed E-state index contributed by atoms with van der Waals surface area (Å²) >= 11 is 0. The molecule has 0 radical (unpaired) electrons. The number of hydrogen-bond acceptors (Lipinski definition) is 5. The lowest BCUT2D eigenvalue weighted by Gasteiger charge is -2.27. The molecule has 0 atom stereocenters. The number of Topliss-reactive ketones (excluding diaryl/α,β-unsaturated/α-hetero) is 2. The van der Waals surface area contributed by atoms with Gasteiger partial charge in [-0.15, -0.1) is 0 Å². The van der Waals surface area contributed by atoms with Crippen LogP contribution in [0.15, 0.2) is 48.5 Å². The standard InChI is InChI=1S/C22H24NO5/c1-23(2,3)13-19(24)28-14-22(15-9-11-16(27-4)12-10-15)20(25)17-7-5-6-8-18(17)21(22)26/h5-12H,13-14H2,1-4H3/q+1. The Morgan fingerprint density at radius 3 is 1.93 bits per heavy atom. The van der Waals surface area contributed by atoms with Crippen molar-refractivity contribution in [3.05, 3.63) is 65.2 Å². The normalized spacial score (nSPS) is 15.3. The summed E-state index contributed by atoms with van der Waals surface area (Å²) in [7, 11) is 7.13. The van der Waals surface area contributed by atoms with Gasteiger partial charge >= 0.3 is 5.97 Å². The Morgan fingerprint density at radius 1 is 0.929 bits per heavy atom. The molecule has 0 amide bonds. The predicted octanol–water partition coefficient (Wildman–Crippen LogP) is 2.26. The number of likely N-dealkylation sites (N-methyl/N-ethyl adjacent to an activating group) is 1. The zero-order chi connectivity index (χ0) is 20.5. The summed E-state index contributed by atoms with van der Waals surface area (Å²) in [6.07, 6.45) is 0. The van der Waals surface area contributed by atoms with Gasteiger partial charge in [-0.05, 0) is 17.7 Å². The largest absolute Gasteiger partial charge is 0.497 e. The lowest BCUT2D eigenvalue weighted by Crippen LogP contribution is -2.46. The molecule has 0 saturated carbocycles. The van der Waals surface area contributed by atoms with Crippen molar-refractivity contribution in [2.75, 3.05) is 41.4 Å². The van der Waals surface area contributed by atoms with Crippen LogP contribution in [0.1, 0.15) is 26.3 Å². The molecule has 6 heteroatoms. The third kappa shape index (κ3) is 3.43. The number of rotatable bonds is 6. The van der Waals surface area contributed by atoms with E-state index < -0.39 is 11.4 Å². The smallest absolute Gasteiger partial charge is 0.361 e. The number of esters is 1. The zero-order valence-corrected chi connectivity index (χ0v) is 16.5. The van der Waals surface area contributed by atoms with E-state index in [1.165, 1.54) is 0 Å².